The van der Waals surface area contributed by atoms with Crippen molar-refractivity contribution in [3.63, 3.8) is 0 Å². The molecule has 0 saturated heterocycles. The first-order valence-electron chi connectivity index (χ1n) is 7.04. The number of carbonyl (C=O) groups is 3. The molecular weight excluding hydrogens is 338 g/mol. The second-order valence-electron chi connectivity index (χ2n) is 4.91. The Bertz CT molecular complexity index is 821. The number of alkyl halides is 2. The average molecular weight is 348 g/mol. The molecule has 2 amide bonds. The van der Waals surface area contributed by atoms with Gasteiger partial charge < -0.3 is 9.57 Å². The molecule has 128 valence electrons. The largest absolute Gasteiger partial charge is 0.487 e. The monoisotopic (exact) mass is 348 g/mol. The summed E-state index contributed by atoms with van der Waals surface area (Å²) in [5.41, 5.74) is -0.0760. The van der Waals surface area contributed by atoms with Crippen LogP contribution in [0.25, 0.3) is 0 Å². The molecular formula is C16H10F2N2O5. The van der Waals surface area contributed by atoms with E-state index in [0.29, 0.717) is 5.06 Å². The van der Waals surface area contributed by atoms with E-state index >= 15 is 0 Å². The lowest BCUT2D eigenvalue weighted by Gasteiger charge is -2.12. The Kier molecular flexibility index (Phi) is 4.38. The highest BCUT2D eigenvalue weighted by molar-refractivity contribution is 6.21. The van der Waals surface area contributed by atoms with Crippen LogP contribution in [0, 0.1) is 0 Å². The highest BCUT2D eigenvalue weighted by Gasteiger charge is 2.39. The molecule has 9 heteroatoms. The Balaban J connectivity index is 1.74. The molecule has 2 aromatic rings. The number of hydrogen-bond acceptors (Lipinski definition) is 6. The molecule has 1 aliphatic heterocycles. The van der Waals surface area contributed by atoms with E-state index in [4.69, 9.17) is 9.57 Å². The number of benzene rings is 1. The number of rotatable bonds is 5. The molecule has 0 fully saturated rings. The van der Waals surface area contributed by atoms with Crippen molar-refractivity contribution < 1.29 is 32.7 Å². The summed E-state index contributed by atoms with van der Waals surface area (Å²) in [7, 11) is 0. The van der Waals surface area contributed by atoms with Crippen LogP contribution in [0.4, 0.5) is 8.78 Å². The summed E-state index contributed by atoms with van der Waals surface area (Å²) in [6.45, 7) is -0.850. The zero-order chi connectivity index (χ0) is 18.0. The Labute approximate surface area is 139 Å². The molecule has 1 aromatic carbocycles. The van der Waals surface area contributed by atoms with E-state index < -0.39 is 30.8 Å². The fourth-order valence-corrected chi connectivity index (χ4v) is 2.15. The topological polar surface area (TPSA) is 85.8 Å². The van der Waals surface area contributed by atoms with Crippen molar-refractivity contribution in [2.24, 2.45) is 0 Å². The number of halogens is 2. The molecule has 3 rings (SSSR count). The van der Waals surface area contributed by atoms with Crippen molar-refractivity contribution in [1.29, 1.82) is 0 Å². The van der Waals surface area contributed by atoms with Gasteiger partial charge in [0.1, 0.15) is 12.4 Å². The van der Waals surface area contributed by atoms with Crippen LogP contribution in [0.1, 0.15) is 31.2 Å². The number of nitrogens with zero attached hydrogens (tertiary/aromatic N) is 2. The maximum absolute atomic E-state index is 12.2. The van der Waals surface area contributed by atoms with Crippen LogP contribution in [-0.2, 0) is 4.84 Å². The van der Waals surface area contributed by atoms with Crippen molar-refractivity contribution >= 4 is 17.8 Å². The van der Waals surface area contributed by atoms with Gasteiger partial charge in [0.25, 0.3) is 18.2 Å². The Morgan fingerprint density at radius 1 is 1.12 bits per heavy atom. The maximum Gasteiger partial charge on any atom is 0.382 e. The predicted octanol–water partition coefficient (Wildman–Crippen LogP) is 2.09. The van der Waals surface area contributed by atoms with Crippen molar-refractivity contribution in [3.05, 3.63) is 59.4 Å². The second kappa shape index (κ2) is 6.63. The summed E-state index contributed by atoms with van der Waals surface area (Å²) in [6, 6.07) is 8.35. The number of imide groups is 1. The van der Waals surface area contributed by atoms with E-state index in [9.17, 15) is 23.2 Å². The highest BCUT2D eigenvalue weighted by atomic mass is 19.3. The van der Waals surface area contributed by atoms with Gasteiger partial charge >= 0.3 is 5.97 Å². The van der Waals surface area contributed by atoms with Gasteiger partial charge in [0.2, 0.25) is 0 Å². The van der Waals surface area contributed by atoms with Gasteiger partial charge in [0.05, 0.1) is 11.1 Å². The van der Waals surface area contributed by atoms with Gasteiger partial charge in [-0.15, -0.1) is 0 Å². The minimum absolute atomic E-state index is 0.0235. The third kappa shape index (κ3) is 3.30. The molecule has 0 N–H and O–H groups in total. The number of fused-ring (bicyclic) bond motifs is 1. The number of hydrogen-bond donors (Lipinski definition) is 0. The SMILES string of the molecule is O=C(ON1C(=O)c2ccccc2C1=O)c1cc(OCC(F)F)ccn1. The third-order valence-corrected chi connectivity index (χ3v) is 3.25. The second-order valence-corrected chi connectivity index (χ2v) is 4.91. The van der Waals surface area contributed by atoms with Crippen molar-refractivity contribution in [2.75, 3.05) is 6.61 Å². The van der Waals surface area contributed by atoms with Crippen LogP contribution in [0.2, 0.25) is 0 Å². The third-order valence-electron chi connectivity index (χ3n) is 3.25. The van der Waals surface area contributed by atoms with E-state index in [1.165, 1.54) is 18.2 Å². The van der Waals surface area contributed by atoms with Crippen molar-refractivity contribution in [3.8, 4) is 5.75 Å². The Morgan fingerprint density at radius 2 is 1.76 bits per heavy atom. The molecule has 0 spiro atoms. The summed E-state index contributed by atoms with van der Waals surface area (Å²) in [4.78, 5) is 44.9. The minimum atomic E-state index is -2.68. The lowest BCUT2D eigenvalue weighted by Crippen LogP contribution is -2.32. The predicted molar refractivity (Wildman–Crippen MR) is 78.1 cm³/mol. The lowest BCUT2D eigenvalue weighted by atomic mass is 10.1. The van der Waals surface area contributed by atoms with Gasteiger partial charge in [0, 0.05) is 12.3 Å². The van der Waals surface area contributed by atoms with Crippen LogP contribution in [0.5, 0.6) is 5.75 Å². The average Bonchev–Trinajstić information content (AvgIpc) is 2.85. The Hall–Kier alpha value is -3.36. The molecule has 0 aliphatic carbocycles. The number of aromatic nitrogens is 1. The lowest BCUT2D eigenvalue weighted by molar-refractivity contribution is -0.0588. The van der Waals surface area contributed by atoms with Gasteiger partial charge in [-0.2, -0.15) is 0 Å². The van der Waals surface area contributed by atoms with Gasteiger partial charge in [-0.25, -0.2) is 18.6 Å². The number of pyridine rings is 1. The molecule has 1 aromatic heterocycles. The van der Waals surface area contributed by atoms with Gasteiger partial charge in [0.15, 0.2) is 5.69 Å². The van der Waals surface area contributed by atoms with E-state index in [2.05, 4.69) is 4.98 Å². The van der Waals surface area contributed by atoms with E-state index in [1.807, 2.05) is 0 Å². The Morgan fingerprint density at radius 3 is 2.36 bits per heavy atom. The molecule has 0 unspecified atom stereocenters. The van der Waals surface area contributed by atoms with Crippen LogP contribution in [0.3, 0.4) is 0 Å². The summed E-state index contributed by atoms with van der Waals surface area (Å²) in [5.74, 6) is -2.68. The fraction of sp³-hybridized carbons (Fsp3) is 0.125. The first kappa shape index (κ1) is 16.5. The summed E-state index contributed by atoms with van der Waals surface area (Å²) >= 11 is 0. The molecule has 0 atom stereocenters. The summed E-state index contributed by atoms with van der Waals surface area (Å²) in [6.07, 6.45) is -1.53. The smallest absolute Gasteiger partial charge is 0.382 e. The molecule has 0 saturated carbocycles. The van der Waals surface area contributed by atoms with Gasteiger partial charge in [-0.05, 0) is 18.2 Å². The van der Waals surface area contributed by atoms with Crippen LogP contribution >= 0.6 is 0 Å². The van der Waals surface area contributed by atoms with Crippen LogP contribution < -0.4 is 4.74 Å². The minimum Gasteiger partial charge on any atom is -0.487 e. The normalized spacial score (nSPS) is 13.2. The zero-order valence-corrected chi connectivity index (χ0v) is 12.5. The van der Waals surface area contributed by atoms with Crippen molar-refractivity contribution in [1.82, 2.24) is 10.0 Å². The standard InChI is InChI=1S/C16H10F2N2O5/c17-13(18)8-24-9-5-6-19-12(7-9)16(23)25-20-14(21)10-3-1-2-4-11(10)15(20)22/h1-7,13H,8H2. The molecule has 1 aliphatic rings. The summed E-state index contributed by atoms with van der Waals surface area (Å²) in [5, 5.41) is 0.335. The maximum atomic E-state index is 12.2. The van der Waals surface area contributed by atoms with Crippen LogP contribution in [-0.4, -0.2) is 40.9 Å². The van der Waals surface area contributed by atoms with E-state index in [1.54, 1.807) is 12.1 Å². The highest BCUT2D eigenvalue weighted by Crippen LogP contribution is 2.23. The zero-order valence-electron chi connectivity index (χ0n) is 12.5. The number of hydroxylamine groups is 2. The number of amides is 2. The molecule has 0 bridgehead atoms. The van der Waals surface area contributed by atoms with Crippen LogP contribution in [0.15, 0.2) is 42.6 Å². The first-order chi connectivity index (χ1) is 12.0. The molecule has 2 heterocycles. The van der Waals surface area contributed by atoms with Gasteiger partial charge in [-0.3, -0.25) is 9.59 Å². The molecule has 25 heavy (non-hydrogen) atoms. The molecule has 0 radical (unpaired) electrons. The quantitative estimate of drug-likeness (QED) is 0.769. The van der Waals surface area contributed by atoms with E-state index in [-0.39, 0.29) is 22.6 Å². The first-order valence-corrected chi connectivity index (χ1v) is 7.04. The number of ether oxygens (including phenoxy) is 1. The molecule has 7 nitrogen and oxygen atoms in total. The van der Waals surface area contributed by atoms with Crippen molar-refractivity contribution in [2.45, 2.75) is 6.43 Å². The fourth-order valence-electron chi connectivity index (χ4n) is 2.15. The van der Waals surface area contributed by atoms with Gasteiger partial charge in [-0.1, -0.05) is 17.2 Å². The van der Waals surface area contributed by atoms with E-state index in [0.717, 1.165) is 12.3 Å². The summed E-state index contributed by atoms with van der Waals surface area (Å²) < 4.78 is 29.1. The number of carbonyl (C=O) groups excluding carboxylic acids is 3.